The summed E-state index contributed by atoms with van der Waals surface area (Å²) in [6.45, 7) is 11.3. The third-order valence-corrected chi connectivity index (χ3v) is 14.8. The van der Waals surface area contributed by atoms with Crippen LogP contribution in [0.5, 0.6) is 11.5 Å². The van der Waals surface area contributed by atoms with Crippen molar-refractivity contribution in [2.45, 2.75) is 69.9 Å². The summed E-state index contributed by atoms with van der Waals surface area (Å²) in [6, 6.07) is 18.1. The minimum Gasteiger partial charge on any atom is -0.494 e. The number of piperazine rings is 1. The van der Waals surface area contributed by atoms with E-state index in [2.05, 4.69) is 52.8 Å². The first-order valence-electron chi connectivity index (χ1n) is 23.0. The zero-order valence-electron chi connectivity index (χ0n) is 37.9. The molecule has 3 aromatic carbocycles. The Labute approximate surface area is 391 Å². The molecule has 16 nitrogen and oxygen atoms in total. The molecule has 0 radical (unpaired) electrons. The fourth-order valence-electron chi connectivity index (χ4n) is 9.39. The molecule has 8 rings (SSSR count). The Balaban J connectivity index is 0.722. The van der Waals surface area contributed by atoms with Gasteiger partial charge in [0.25, 0.3) is 11.8 Å². The number of nitrogens with one attached hydrogen (secondary N) is 3. The summed E-state index contributed by atoms with van der Waals surface area (Å²) in [6.07, 6.45) is 9.17. The van der Waals surface area contributed by atoms with Crippen molar-refractivity contribution in [3.05, 3.63) is 83.0 Å². The maximum Gasteiger partial charge on any atom is 0.266 e. The first-order valence-corrected chi connectivity index (χ1v) is 25.9. The number of aromatic nitrogens is 2. The van der Waals surface area contributed by atoms with Gasteiger partial charge in [0.15, 0.2) is 5.82 Å². The van der Waals surface area contributed by atoms with Gasteiger partial charge in [0.05, 0.1) is 42.4 Å². The Kier molecular flexibility index (Phi) is 14.9. The highest BCUT2D eigenvalue weighted by atomic mass is 35.5. The molecule has 0 bridgehead atoms. The molecule has 1 aromatic heterocycles. The Hall–Kier alpha value is -5.54. The maximum absolute atomic E-state index is 13.3. The number of halogens is 1. The van der Waals surface area contributed by atoms with Crippen LogP contribution >= 0.6 is 18.7 Å². The van der Waals surface area contributed by atoms with Crippen LogP contribution in [0.15, 0.2) is 66.9 Å². The highest BCUT2D eigenvalue weighted by Crippen LogP contribution is 2.39. The average Bonchev–Trinajstić information content (AvgIpc) is 3.57. The predicted molar refractivity (Wildman–Crippen MR) is 257 cm³/mol. The van der Waals surface area contributed by atoms with E-state index in [1.807, 2.05) is 30.3 Å². The largest absolute Gasteiger partial charge is 0.494 e. The van der Waals surface area contributed by atoms with Gasteiger partial charge in [-0.2, -0.15) is 4.98 Å². The lowest BCUT2D eigenvalue weighted by Crippen LogP contribution is -2.54. The number of unbranched alkanes of at least 4 members (excludes halogenated alkanes) is 4. The number of para-hydroxylation sites is 1. The summed E-state index contributed by atoms with van der Waals surface area (Å²) in [5, 5.41) is 9.83. The van der Waals surface area contributed by atoms with Crippen molar-refractivity contribution in [3.8, 4) is 11.5 Å². The normalized spacial score (nSPS) is 18.6. The van der Waals surface area contributed by atoms with E-state index in [1.54, 1.807) is 38.6 Å². The summed E-state index contributed by atoms with van der Waals surface area (Å²) >= 11 is 6.49. The molecule has 66 heavy (non-hydrogen) atoms. The van der Waals surface area contributed by atoms with Crippen LogP contribution in [0.3, 0.4) is 0 Å². The number of anilines is 5. The Morgan fingerprint density at radius 1 is 0.818 bits per heavy atom. The first kappa shape index (κ1) is 47.0. The maximum atomic E-state index is 13.3. The van der Waals surface area contributed by atoms with Crippen LogP contribution in [0.4, 0.5) is 28.8 Å². The van der Waals surface area contributed by atoms with E-state index in [1.165, 1.54) is 6.20 Å². The summed E-state index contributed by atoms with van der Waals surface area (Å²) in [4.78, 5) is 68.2. The number of carbonyl (C=O) groups is 4. The standard InChI is InChI=1S/C48H59ClN9O7P/c1-64-40-30-33(16-17-36(40)52-48-50-31-35(49)44(54-48)51-37-13-7-8-15-41(37)66(2,3)63)56-23-20-32(21-24-56)57-27-25-55(26-28-57)22-9-5-4-6-10-29-65-39-14-11-12-34-43(39)47(62)58(46(34)61)38-18-19-42(59)53-45(38)60/h7-8,11-17,30-32,38H,4-6,9-10,18-29H2,1-3H3,(H,53,59,60)(H2,50,51,52,54). The number of nitrogens with zero attached hydrogens (tertiary/aromatic N) is 6. The van der Waals surface area contributed by atoms with Gasteiger partial charge in [0, 0.05) is 68.8 Å². The lowest BCUT2D eigenvalue weighted by atomic mass is 10.0. The van der Waals surface area contributed by atoms with Gasteiger partial charge in [0.1, 0.15) is 29.7 Å². The fourth-order valence-corrected chi connectivity index (χ4v) is 10.7. The molecule has 18 heteroatoms. The van der Waals surface area contributed by atoms with Gasteiger partial charge in [-0.15, -0.1) is 0 Å². The zero-order valence-corrected chi connectivity index (χ0v) is 39.5. The Bertz CT molecular complexity index is 2490. The minimum atomic E-state index is -2.55. The Morgan fingerprint density at radius 3 is 2.33 bits per heavy atom. The molecule has 350 valence electrons. The zero-order chi connectivity index (χ0) is 46.4. The molecule has 0 saturated carbocycles. The number of fused-ring (bicyclic) bond motifs is 1. The van der Waals surface area contributed by atoms with Crippen LogP contribution in [0.25, 0.3) is 0 Å². The molecule has 3 N–H and O–H groups in total. The van der Waals surface area contributed by atoms with Gasteiger partial charge in [-0.1, -0.05) is 49.1 Å². The van der Waals surface area contributed by atoms with Gasteiger partial charge < -0.3 is 34.5 Å². The third-order valence-electron chi connectivity index (χ3n) is 13.0. The number of hydrogen-bond acceptors (Lipinski definition) is 14. The van der Waals surface area contributed by atoms with Crippen LogP contribution in [-0.4, -0.2) is 133 Å². The number of methoxy groups -OCH3 is 1. The molecule has 0 aliphatic carbocycles. The van der Waals surface area contributed by atoms with E-state index >= 15 is 0 Å². The number of amides is 4. The van der Waals surface area contributed by atoms with Gasteiger partial charge in [-0.25, -0.2) is 4.98 Å². The predicted octanol–water partition coefficient (Wildman–Crippen LogP) is 6.89. The molecule has 4 amide bonds. The van der Waals surface area contributed by atoms with Crippen molar-refractivity contribution in [1.82, 2.24) is 30.0 Å². The van der Waals surface area contributed by atoms with E-state index in [0.717, 1.165) is 112 Å². The van der Waals surface area contributed by atoms with Crippen molar-refractivity contribution in [2.75, 3.05) is 88.4 Å². The second-order valence-electron chi connectivity index (χ2n) is 17.7. The lowest BCUT2D eigenvalue weighted by Gasteiger charge is -2.43. The van der Waals surface area contributed by atoms with Crippen molar-refractivity contribution in [1.29, 1.82) is 0 Å². The van der Waals surface area contributed by atoms with Gasteiger partial charge >= 0.3 is 0 Å². The third kappa shape index (κ3) is 10.8. The molecule has 1 atom stereocenters. The van der Waals surface area contributed by atoms with Crippen LogP contribution in [-0.2, 0) is 14.2 Å². The van der Waals surface area contributed by atoms with Crippen molar-refractivity contribution >= 4 is 76.5 Å². The van der Waals surface area contributed by atoms with E-state index in [4.69, 9.17) is 21.1 Å². The minimum absolute atomic E-state index is 0.0786. The SMILES string of the molecule is COc1cc(N2CCC(N3CCN(CCCCCCCOc4cccc5c4C(=O)N(C4CCC(=O)NC4=O)C5=O)CC3)CC2)ccc1Nc1ncc(Cl)c(Nc2ccccc2P(C)(C)=O)n1. The molecule has 5 heterocycles. The van der Waals surface area contributed by atoms with Gasteiger partial charge in [0.2, 0.25) is 17.8 Å². The van der Waals surface area contributed by atoms with Crippen LogP contribution < -0.4 is 35.6 Å². The van der Waals surface area contributed by atoms with Crippen molar-refractivity contribution in [3.63, 3.8) is 0 Å². The fraction of sp³-hybridized carbons (Fsp3) is 0.458. The smallest absolute Gasteiger partial charge is 0.266 e. The summed E-state index contributed by atoms with van der Waals surface area (Å²) in [7, 11) is -0.890. The number of ether oxygens (including phenoxy) is 2. The molecular formula is C48H59ClN9O7P. The van der Waals surface area contributed by atoms with Crippen LogP contribution in [0.2, 0.25) is 5.02 Å². The van der Waals surface area contributed by atoms with Crippen molar-refractivity contribution in [2.24, 2.45) is 0 Å². The first-order chi connectivity index (χ1) is 31.9. The molecular weight excluding hydrogens is 881 g/mol. The van der Waals surface area contributed by atoms with E-state index in [0.29, 0.717) is 46.6 Å². The highest BCUT2D eigenvalue weighted by molar-refractivity contribution is 7.70. The van der Waals surface area contributed by atoms with Crippen molar-refractivity contribution < 1.29 is 33.2 Å². The average molecular weight is 940 g/mol. The monoisotopic (exact) mass is 939 g/mol. The molecule has 3 fully saturated rings. The number of imide groups is 2. The van der Waals surface area contributed by atoms with E-state index < -0.39 is 36.8 Å². The molecule has 0 spiro atoms. The number of carbonyl (C=O) groups excluding carboxylic acids is 4. The van der Waals surface area contributed by atoms with Gasteiger partial charge in [-0.05, 0) is 88.4 Å². The van der Waals surface area contributed by atoms with Gasteiger partial charge in [-0.3, -0.25) is 34.3 Å². The number of hydrogen-bond donors (Lipinski definition) is 3. The molecule has 3 saturated heterocycles. The molecule has 4 aliphatic heterocycles. The van der Waals surface area contributed by atoms with Crippen LogP contribution in [0.1, 0.15) is 78.5 Å². The molecule has 1 unspecified atom stereocenters. The second kappa shape index (κ2) is 21.0. The van der Waals surface area contributed by atoms with Crippen LogP contribution in [0, 0.1) is 0 Å². The number of benzene rings is 3. The molecule has 4 aromatic rings. The highest BCUT2D eigenvalue weighted by Gasteiger charge is 2.46. The second-order valence-corrected chi connectivity index (χ2v) is 21.3. The number of rotatable bonds is 18. The van der Waals surface area contributed by atoms with E-state index in [9.17, 15) is 23.7 Å². The summed E-state index contributed by atoms with van der Waals surface area (Å²) in [5.74, 6) is -0.320. The lowest BCUT2D eigenvalue weighted by molar-refractivity contribution is -0.136. The number of piperidine rings is 2. The summed E-state index contributed by atoms with van der Waals surface area (Å²) in [5.41, 5.74) is 2.95. The quantitative estimate of drug-likeness (QED) is 0.0534. The van der Waals surface area contributed by atoms with E-state index in [-0.39, 0.29) is 24.0 Å². The molecule has 4 aliphatic rings. The Morgan fingerprint density at radius 2 is 1.58 bits per heavy atom. The summed E-state index contributed by atoms with van der Waals surface area (Å²) < 4.78 is 24.7. The topological polar surface area (TPSA) is 179 Å².